The maximum atomic E-state index is 5.78. The molecule has 1 aromatic rings. The zero-order valence-electron chi connectivity index (χ0n) is 15.6. The van der Waals surface area contributed by atoms with Crippen LogP contribution in [-0.2, 0) is 11.3 Å². The molecular formula is C19H32IN3O2. The average Bonchev–Trinajstić information content (AvgIpc) is 3.09. The van der Waals surface area contributed by atoms with Gasteiger partial charge in [-0.25, -0.2) is 4.99 Å². The molecule has 0 aromatic heterocycles. The minimum atomic E-state index is 0. The first-order valence-corrected chi connectivity index (χ1v) is 9.03. The first-order valence-electron chi connectivity index (χ1n) is 9.03. The summed E-state index contributed by atoms with van der Waals surface area (Å²) in [7, 11) is 0. The second-order valence-electron chi connectivity index (χ2n) is 6.56. The third-order valence-electron chi connectivity index (χ3n) is 3.77. The van der Waals surface area contributed by atoms with E-state index in [1.165, 1.54) is 0 Å². The minimum Gasteiger partial charge on any atom is -0.493 e. The van der Waals surface area contributed by atoms with Crippen LogP contribution in [0.25, 0.3) is 0 Å². The molecule has 1 saturated heterocycles. The monoisotopic (exact) mass is 461 g/mol. The van der Waals surface area contributed by atoms with Crippen LogP contribution in [0.15, 0.2) is 29.3 Å². The summed E-state index contributed by atoms with van der Waals surface area (Å²) in [5, 5.41) is 6.65. The van der Waals surface area contributed by atoms with Gasteiger partial charge in [-0.1, -0.05) is 26.0 Å². The standard InChI is InChI=1S/C19H31N3O2.HI/c1-4-20-19(22-13-18-9-6-10-23-18)21-12-16-7-5-8-17(11-16)24-14-15(2)3;/h5,7-8,11,15,18H,4,6,9-10,12-14H2,1-3H3,(H2,20,21,22);1H. The third-order valence-corrected chi connectivity index (χ3v) is 3.77. The zero-order valence-corrected chi connectivity index (χ0v) is 17.9. The molecule has 0 spiro atoms. The van der Waals surface area contributed by atoms with Crippen molar-refractivity contribution in [1.29, 1.82) is 0 Å². The molecule has 1 aromatic carbocycles. The Morgan fingerprint density at radius 1 is 1.36 bits per heavy atom. The van der Waals surface area contributed by atoms with E-state index in [1.54, 1.807) is 0 Å². The fraction of sp³-hybridized carbons (Fsp3) is 0.632. The van der Waals surface area contributed by atoms with Gasteiger partial charge < -0.3 is 20.1 Å². The highest BCUT2D eigenvalue weighted by Crippen LogP contribution is 2.15. The number of hydrogen-bond donors (Lipinski definition) is 2. The van der Waals surface area contributed by atoms with Crippen molar-refractivity contribution in [1.82, 2.24) is 10.6 Å². The van der Waals surface area contributed by atoms with Crippen LogP contribution in [0.5, 0.6) is 5.75 Å². The molecule has 6 heteroatoms. The molecule has 1 aliphatic heterocycles. The van der Waals surface area contributed by atoms with Gasteiger partial charge in [0.2, 0.25) is 0 Å². The molecule has 0 bridgehead atoms. The number of rotatable bonds is 8. The van der Waals surface area contributed by atoms with Crippen LogP contribution in [0.3, 0.4) is 0 Å². The number of guanidine groups is 1. The van der Waals surface area contributed by atoms with Gasteiger partial charge >= 0.3 is 0 Å². The van der Waals surface area contributed by atoms with E-state index < -0.39 is 0 Å². The summed E-state index contributed by atoms with van der Waals surface area (Å²) in [4.78, 5) is 4.66. The Labute approximate surface area is 169 Å². The van der Waals surface area contributed by atoms with Gasteiger partial charge in [0.05, 0.1) is 19.3 Å². The van der Waals surface area contributed by atoms with Gasteiger partial charge in [0.15, 0.2) is 5.96 Å². The molecule has 0 amide bonds. The maximum Gasteiger partial charge on any atom is 0.191 e. The Hall–Kier alpha value is -1.02. The van der Waals surface area contributed by atoms with Gasteiger partial charge in [0.1, 0.15) is 5.75 Å². The van der Waals surface area contributed by atoms with Gasteiger partial charge in [-0.3, -0.25) is 0 Å². The van der Waals surface area contributed by atoms with Crippen LogP contribution in [0.1, 0.15) is 39.2 Å². The lowest BCUT2D eigenvalue weighted by Gasteiger charge is -2.15. The Morgan fingerprint density at radius 3 is 2.88 bits per heavy atom. The second-order valence-corrected chi connectivity index (χ2v) is 6.56. The topological polar surface area (TPSA) is 54.9 Å². The molecule has 1 fully saturated rings. The number of ether oxygens (including phenoxy) is 2. The smallest absolute Gasteiger partial charge is 0.191 e. The third kappa shape index (κ3) is 8.76. The molecule has 2 rings (SSSR count). The predicted octanol–water partition coefficient (Wildman–Crippen LogP) is 3.57. The molecule has 2 N–H and O–H groups in total. The summed E-state index contributed by atoms with van der Waals surface area (Å²) < 4.78 is 11.4. The molecule has 1 atom stereocenters. The number of nitrogens with zero attached hydrogens (tertiary/aromatic N) is 1. The lowest BCUT2D eigenvalue weighted by Crippen LogP contribution is -2.41. The van der Waals surface area contributed by atoms with Crippen molar-refractivity contribution < 1.29 is 9.47 Å². The van der Waals surface area contributed by atoms with E-state index >= 15 is 0 Å². The SMILES string of the molecule is CCNC(=NCc1cccc(OCC(C)C)c1)NCC1CCCO1.I. The van der Waals surface area contributed by atoms with Crippen LogP contribution in [-0.4, -0.2) is 38.4 Å². The van der Waals surface area contributed by atoms with Crippen molar-refractivity contribution in [2.24, 2.45) is 10.9 Å². The van der Waals surface area contributed by atoms with Gasteiger partial charge in [-0.05, 0) is 43.4 Å². The van der Waals surface area contributed by atoms with Gasteiger partial charge in [-0.15, -0.1) is 24.0 Å². The van der Waals surface area contributed by atoms with Crippen molar-refractivity contribution in [3.63, 3.8) is 0 Å². The zero-order chi connectivity index (χ0) is 17.2. The number of aliphatic imine (C=N–C) groups is 1. The molecule has 1 aliphatic rings. The lowest BCUT2D eigenvalue weighted by molar-refractivity contribution is 0.114. The van der Waals surface area contributed by atoms with E-state index in [9.17, 15) is 0 Å². The van der Waals surface area contributed by atoms with Crippen molar-refractivity contribution >= 4 is 29.9 Å². The van der Waals surface area contributed by atoms with E-state index in [2.05, 4.69) is 48.5 Å². The van der Waals surface area contributed by atoms with E-state index in [4.69, 9.17) is 9.47 Å². The lowest BCUT2D eigenvalue weighted by atomic mass is 10.2. The Kier molecular flexibility index (Phi) is 10.9. The van der Waals surface area contributed by atoms with Crippen molar-refractivity contribution in [2.75, 3.05) is 26.3 Å². The first kappa shape index (κ1) is 22.0. The summed E-state index contributed by atoms with van der Waals surface area (Å²) >= 11 is 0. The Bertz CT molecular complexity index is 517. The van der Waals surface area contributed by atoms with Gasteiger partial charge in [0, 0.05) is 19.7 Å². The van der Waals surface area contributed by atoms with Crippen LogP contribution in [0, 0.1) is 5.92 Å². The largest absolute Gasteiger partial charge is 0.493 e. The molecule has 0 radical (unpaired) electrons. The molecule has 0 saturated carbocycles. The van der Waals surface area contributed by atoms with Crippen molar-refractivity contribution in [2.45, 2.75) is 46.3 Å². The summed E-state index contributed by atoms with van der Waals surface area (Å²) in [6.45, 7) is 10.3. The summed E-state index contributed by atoms with van der Waals surface area (Å²) in [6, 6.07) is 8.16. The normalized spacial score (nSPS) is 17.3. The number of hydrogen-bond acceptors (Lipinski definition) is 3. The highest BCUT2D eigenvalue weighted by atomic mass is 127. The highest BCUT2D eigenvalue weighted by Gasteiger charge is 2.15. The maximum absolute atomic E-state index is 5.78. The quantitative estimate of drug-likeness (QED) is 0.353. The minimum absolute atomic E-state index is 0. The number of halogens is 1. The summed E-state index contributed by atoms with van der Waals surface area (Å²) in [5.41, 5.74) is 1.14. The second kappa shape index (κ2) is 12.4. The van der Waals surface area contributed by atoms with E-state index in [0.717, 1.165) is 56.4 Å². The predicted molar refractivity (Wildman–Crippen MR) is 114 cm³/mol. The van der Waals surface area contributed by atoms with E-state index in [-0.39, 0.29) is 24.0 Å². The molecule has 1 unspecified atom stereocenters. The van der Waals surface area contributed by atoms with Crippen molar-refractivity contribution in [3.05, 3.63) is 29.8 Å². The molecule has 1 heterocycles. The van der Waals surface area contributed by atoms with Gasteiger partial charge in [0.25, 0.3) is 0 Å². The highest BCUT2D eigenvalue weighted by molar-refractivity contribution is 14.0. The molecule has 5 nitrogen and oxygen atoms in total. The Morgan fingerprint density at radius 2 is 2.20 bits per heavy atom. The number of nitrogens with one attached hydrogen (secondary N) is 2. The first-order chi connectivity index (χ1) is 11.7. The van der Waals surface area contributed by atoms with Crippen LogP contribution in [0.2, 0.25) is 0 Å². The van der Waals surface area contributed by atoms with Crippen LogP contribution < -0.4 is 15.4 Å². The number of benzene rings is 1. The van der Waals surface area contributed by atoms with Crippen LogP contribution >= 0.6 is 24.0 Å². The van der Waals surface area contributed by atoms with E-state index in [0.29, 0.717) is 18.6 Å². The fourth-order valence-corrected chi connectivity index (χ4v) is 2.52. The van der Waals surface area contributed by atoms with E-state index in [1.807, 2.05) is 12.1 Å². The average molecular weight is 461 g/mol. The molecule has 25 heavy (non-hydrogen) atoms. The fourth-order valence-electron chi connectivity index (χ4n) is 2.52. The summed E-state index contributed by atoms with van der Waals surface area (Å²) in [5.74, 6) is 2.27. The molecule has 0 aliphatic carbocycles. The van der Waals surface area contributed by atoms with Gasteiger partial charge in [-0.2, -0.15) is 0 Å². The Balaban J connectivity index is 0.00000312. The summed E-state index contributed by atoms with van der Waals surface area (Å²) in [6.07, 6.45) is 2.59. The van der Waals surface area contributed by atoms with Crippen LogP contribution in [0.4, 0.5) is 0 Å². The van der Waals surface area contributed by atoms with Crippen molar-refractivity contribution in [3.8, 4) is 5.75 Å². The molecule has 142 valence electrons. The molecular weight excluding hydrogens is 429 g/mol.